The molecule has 0 aliphatic heterocycles. The van der Waals surface area contributed by atoms with Gasteiger partial charge in [-0.3, -0.25) is 9.89 Å². The summed E-state index contributed by atoms with van der Waals surface area (Å²) in [6, 6.07) is 12.5. The van der Waals surface area contributed by atoms with Crippen molar-refractivity contribution >= 4 is 5.96 Å². The van der Waals surface area contributed by atoms with E-state index in [0.717, 1.165) is 37.9 Å². The number of hydrogen-bond donors (Lipinski definition) is 2. The van der Waals surface area contributed by atoms with Gasteiger partial charge in [0.2, 0.25) is 0 Å². The molecule has 1 heterocycles. The first-order chi connectivity index (χ1) is 12.7. The van der Waals surface area contributed by atoms with Gasteiger partial charge in [-0.1, -0.05) is 44.0 Å². The first-order valence-electron chi connectivity index (χ1n) is 9.45. The molecule has 2 rings (SSSR count). The van der Waals surface area contributed by atoms with Crippen LogP contribution in [0.2, 0.25) is 0 Å². The molecule has 0 atom stereocenters. The van der Waals surface area contributed by atoms with Crippen molar-refractivity contribution in [1.29, 1.82) is 0 Å². The molecule has 1 aromatic carbocycles. The summed E-state index contributed by atoms with van der Waals surface area (Å²) < 4.78 is 5.44. The van der Waals surface area contributed by atoms with Crippen molar-refractivity contribution < 1.29 is 4.42 Å². The lowest BCUT2D eigenvalue weighted by Crippen LogP contribution is -2.37. The fourth-order valence-corrected chi connectivity index (χ4v) is 2.88. The minimum atomic E-state index is 0.762. The van der Waals surface area contributed by atoms with E-state index in [1.807, 2.05) is 19.2 Å². The quantitative estimate of drug-likeness (QED) is 0.387. The Bertz CT molecular complexity index is 652. The normalized spacial score (nSPS) is 11.8. The molecule has 0 fully saturated rings. The molecule has 0 spiro atoms. The topological polar surface area (TPSA) is 52.8 Å². The van der Waals surface area contributed by atoms with E-state index in [-0.39, 0.29) is 0 Å². The summed E-state index contributed by atoms with van der Waals surface area (Å²) in [5, 5.41) is 6.80. The van der Waals surface area contributed by atoms with Crippen LogP contribution in [0.1, 0.15) is 43.1 Å². The van der Waals surface area contributed by atoms with Crippen LogP contribution in [0.25, 0.3) is 0 Å². The number of nitrogens with zero attached hydrogens (tertiary/aromatic N) is 2. The van der Waals surface area contributed by atoms with E-state index in [9.17, 15) is 0 Å². The molecule has 0 radical (unpaired) electrons. The highest BCUT2D eigenvalue weighted by Crippen LogP contribution is 2.13. The fourth-order valence-electron chi connectivity index (χ4n) is 2.88. The summed E-state index contributed by atoms with van der Waals surface area (Å²) in [6.07, 6.45) is 5.37. The Labute approximate surface area is 157 Å². The maximum Gasteiger partial charge on any atom is 0.191 e. The molecule has 0 saturated heterocycles. The lowest BCUT2D eigenvalue weighted by atomic mass is 10.1. The van der Waals surface area contributed by atoms with E-state index in [1.54, 1.807) is 6.26 Å². The summed E-state index contributed by atoms with van der Waals surface area (Å²) in [7, 11) is 3.93. The number of guanidine groups is 1. The van der Waals surface area contributed by atoms with E-state index in [0.29, 0.717) is 0 Å². The largest absolute Gasteiger partial charge is 0.468 e. The van der Waals surface area contributed by atoms with E-state index in [1.165, 1.54) is 30.4 Å². The highest BCUT2D eigenvalue weighted by atomic mass is 16.3. The van der Waals surface area contributed by atoms with Gasteiger partial charge in [0.15, 0.2) is 5.96 Å². The van der Waals surface area contributed by atoms with Gasteiger partial charge in [0.25, 0.3) is 0 Å². The number of rotatable bonds is 10. The zero-order valence-electron chi connectivity index (χ0n) is 16.3. The van der Waals surface area contributed by atoms with Crippen molar-refractivity contribution in [2.75, 3.05) is 20.6 Å². The number of furan rings is 1. The molecular weight excluding hydrogens is 324 g/mol. The Morgan fingerprint density at radius 3 is 2.54 bits per heavy atom. The number of unbranched alkanes of at least 4 members (excludes halogenated alkanes) is 2. The van der Waals surface area contributed by atoms with Gasteiger partial charge < -0.3 is 15.1 Å². The van der Waals surface area contributed by atoms with Crippen LogP contribution in [0, 0.1) is 0 Å². The van der Waals surface area contributed by atoms with E-state index in [4.69, 9.17) is 4.42 Å². The molecule has 2 N–H and O–H groups in total. The molecule has 0 amide bonds. The van der Waals surface area contributed by atoms with Crippen LogP contribution in [0.3, 0.4) is 0 Å². The molecule has 0 bridgehead atoms. The number of aliphatic imine (C=N–C) groups is 1. The SMILES string of the molecule is CCCCCNC(=NC)NCc1ccccc1CN(C)Cc1ccco1. The van der Waals surface area contributed by atoms with Crippen molar-refractivity contribution in [3.05, 3.63) is 59.5 Å². The first-order valence-corrected chi connectivity index (χ1v) is 9.45. The molecular formula is C21H32N4O. The Balaban J connectivity index is 1.87. The summed E-state index contributed by atoms with van der Waals surface area (Å²) in [5.74, 6) is 1.85. The standard InChI is InChI=1S/C21H32N4O/c1-4-5-8-13-23-21(22-2)24-15-18-10-6-7-11-19(18)16-25(3)17-20-12-9-14-26-20/h6-7,9-12,14H,4-5,8,13,15-17H2,1-3H3,(H2,22,23,24). The molecule has 0 aliphatic rings. The predicted molar refractivity (Wildman–Crippen MR) is 108 cm³/mol. The van der Waals surface area contributed by atoms with Gasteiger partial charge in [-0.05, 0) is 36.7 Å². The maximum atomic E-state index is 5.44. The highest BCUT2D eigenvalue weighted by Gasteiger charge is 2.08. The summed E-state index contributed by atoms with van der Waals surface area (Å²) in [5.41, 5.74) is 2.60. The van der Waals surface area contributed by atoms with Gasteiger partial charge in [0.1, 0.15) is 5.76 Å². The van der Waals surface area contributed by atoms with Crippen LogP contribution in [0.4, 0.5) is 0 Å². The average Bonchev–Trinajstić information content (AvgIpc) is 3.15. The van der Waals surface area contributed by atoms with Gasteiger partial charge >= 0.3 is 0 Å². The van der Waals surface area contributed by atoms with Crippen molar-refractivity contribution in [3.8, 4) is 0 Å². The molecule has 5 heteroatoms. The van der Waals surface area contributed by atoms with Gasteiger partial charge in [0.05, 0.1) is 12.8 Å². The second-order valence-corrected chi connectivity index (χ2v) is 6.58. The number of hydrogen-bond acceptors (Lipinski definition) is 3. The van der Waals surface area contributed by atoms with Gasteiger partial charge in [-0.15, -0.1) is 0 Å². The highest BCUT2D eigenvalue weighted by molar-refractivity contribution is 5.79. The molecule has 0 unspecified atom stereocenters. The second kappa shape index (κ2) is 11.4. The number of benzene rings is 1. The second-order valence-electron chi connectivity index (χ2n) is 6.58. The minimum absolute atomic E-state index is 0.762. The predicted octanol–water partition coefficient (Wildman–Crippen LogP) is 3.77. The van der Waals surface area contributed by atoms with Crippen molar-refractivity contribution in [1.82, 2.24) is 15.5 Å². The number of nitrogens with one attached hydrogen (secondary N) is 2. The van der Waals surface area contributed by atoms with Crippen LogP contribution in [0.5, 0.6) is 0 Å². The molecule has 142 valence electrons. The van der Waals surface area contributed by atoms with Crippen molar-refractivity contribution in [2.24, 2.45) is 4.99 Å². The zero-order chi connectivity index (χ0) is 18.6. The fraction of sp³-hybridized carbons (Fsp3) is 0.476. The third-order valence-electron chi connectivity index (χ3n) is 4.31. The molecule has 0 aliphatic carbocycles. The van der Waals surface area contributed by atoms with Gasteiger partial charge in [0, 0.05) is 26.7 Å². The van der Waals surface area contributed by atoms with Gasteiger partial charge in [-0.25, -0.2) is 0 Å². The zero-order valence-corrected chi connectivity index (χ0v) is 16.3. The van der Waals surface area contributed by atoms with Gasteiger partial charge in [-0.2, -0.15) is 0 Å². The molecule has 1 aromatic heterocycles. The van der Waals surface area contributed by atoms with Crippen LogP contribution in [-0.4, -0.2) is 31.5 Å². The van der Waals surface area contributed by atoms with Crippen LogP contribution >= 0.6 is 0 Å². The molecule has 26 heavy (non-hydrogen) atoms. The smallest absolute Gasteiger partial charge is 0.191 e. The average molecular weight is 357 g/mol. The third-order valence-corrected chi connectivity index (χ3v) is 4.31. The monoisotopic (exact) mass is 356 g/mol. The van der Waals surface area contributed by atoms with Crippen molar-refractivity contribution in [3.63, 3.8) is 0 Å². The lowest BCUT2D eigenvalue weighted by molar-refractivity contribution is 0.287. The first kappa shape index (κ1) is 20.0. The summed E-state index contributed by atoms with van der Waals surface area (Å²) >= 11 is 0. The third kappa shape index (κ3) is 6.92. The molecule has 0 saturated carbocycles. The Hall–Kier alpha value is -2.27. The van der Waals surface area contributed by atoms with E-state index < -0.39 is 0 Å². The van der Waals surface area contributed by atoms with Crippen LogP contribution < -0.4 is 10.6 Å². The van der Waals surface area contributed by atoms with E-state index in [2.05, 4.69) is 58.8 Å². The van der Waals surface area contributed by atoms with Crippen LogP contribution in [-0.2, 0) is 19.6 Å². The summed E-state index contributed by atoms with van der Waals surface area (Å²) in [6.45, 7) is 5.61. The summed E-state index contributed by atoms with van der Waals surface area (Å²) in [4.78, 5) is 6.57. The Morgan fingerprint density at radius 2 is 1.85 bits per heavy atom. The lowest BCUT2D eigenvalue weighted by Gasteiger charge is -2.19. The van der Waals surface area contributed by atoms with E-state index >= 15 is 0 Å². The molecule has 2 aromatic rings. The molecule has 5 nitrogen and oxygen atoms in total. The Kier molecular flexibility index (Phi) is 8.76. The maximum absolute atomic E-state index is 5.44. The minimum Gasteiger partial charge on any atom is -0.468 e. The van der Waals surface area contributed by atoms with Crippen molar-refractivity contribution in [2.45, 2.75) is 45.8 Å². The van der Waals surface area contributed by atoms with Crippen LogP contribution in [0.15, 0.2) is 52.1 Å². The Morgan fingerprint density at radius 1 is 1.04 bits per heavy atom.